The van der Waals surface area contributed by atoms with Crippen molar-refractivity contribution >= 4 is 18.6 Å². The maximum absolute atomic E-state index is 5.71. The minimum Gasteiger partial charge on any atom is -0.526 e. The summed E-state index contributed by atoms with van der Waals surface area (Å²) in [5.74, 6) is 1.49. The summed E-state index contributed by atoms with van der Waals surface area (Å²) in [6.45, 7) is 0. The van der Waals surface area contributed by atoms with Crippen molar-refractivity contribution < 1.29 is 9.31 Å². The van der Waals surface area contributed by atoms with E-state index in [2.05, 4.69) is 23.2 Å². The predicted octanol–water partition coefficient (Wildman–Crippen LogP) is 4.83. The molecule has 1 radical (unpaired) electrons. The summed E-state index contributed by atoms with van der Waals surface area (Å²) in [6.07, 6.45) is 0. The molecule has 0 saturated carbocycles. The summed E-state index contributed by atoms with van der Waals surface area (Å²) in [7, 11) is 1.36. The molecule has 0 saturated heterocycles. The highest BCUT2D eigenvalue weighted by atomic mass is 16.6. The van der Waals surface area contributed by atoms with E-state index in [0.717, 1.165) is 33.7 Å². The highest BCUT2D eigenvalue weighted by molar-refractivity contribution is 6.21. The first-order valence-corrected chi connectivity index (χ1v) is 7.77. The first-order chi connectivity index (χ1) is 11.9. The van der Waals surface area contributed by atoms with Crippen LogP contribution in [-0.4, -0.2) is 12.7 Å². The Balaban J connectivity index is 1.56. The number of fused-ring (bicyclic) bond motifs is 1. The minimum atomic E-state index is 0.740. The lowest BCUT2D eigenvalue weighted by molar-refractivity contribution is 0.462. The Labute approximate surface area is 141 Å². The van der Waals surface area contributed by atoms with Crippen LogP contribution in [0.5, 0.6) is 11.5 Å². The van der Waals surface area contributed by atoms with E-state index >= 15 is 0 Å². The van der Waals surface area contributed by atoms with Crippen molar-refractivity contribution in [2.24, 2.45) is 0 Å². The molecule has 0 unspecified atom stereocenters. The van der Waals surface area contributed by atoms with Gasteiger partial charge in [-0.1, -0.05) is 54.6 Å². The van der Waals surface area contributed by atoms with Crippen LogP contribution in [0.3, 0.4) is 0 Å². The van der Waals surface area contributed by atoms with Gasteiger partial charge in [0.2, 0.25) is 0 Å². The molecule has 4 rings (SSSR count). The van der Waals surface area contributed by atoms with Crippen molar-refractivity contribution in [3.8, 4) is 22.8 Å². The molecule has 3 nitrogen and oxygen atoms in total. The molecule has 4 aromatic rings. The third kappa shape index (κ3) is 2.99. The van der Waals surface area contributed by atoms with Gasteiger partial charge in [0.25, 0.3) is 0 Å². The molecule has 1 aromatic heterocycles. The van der Waals surface area contributed by atoms with E-state index in [4.69, 9.17) is 9.31 Å². The number of nitrogens with one attached hydrogen (secondary N) is 1. The minimum absolute atomic E-state index is 0.740. The zero-order chi connectivity index (χ0) is 16.2. The molecule has 0 atom stereocenters. The number of aromatic nitrogens is 1. The SMILES string of the molecule is [B](Oc1ccccc1)Oc1cccc2[nH]c(-c3ccccc3)cc12. The fourth-order valence-electron chi connectivity index (χ4n) is 2.63. The van der Waals surface area contributed by atoms with E-state index in [1.165, 1.54) is 7.69 Å². The quantitative estimate of drug-likeness (QED) is 0.536. The highest BCUT2D eigenvalue weighted by Crippen LogP contribution is 2.30. The Morgan fingerprint density at radius 1 is 0.708 bits per heavy atom. The fourth-order valence-corrected chi connectivity index (χ4v) is 2.63. The van der Waals surface area contributed by atoms with Crippen molar-refractivity contribution in [1.82, 2.24) is 4.98 Å². The standard InChI is InChI=1S/C20H15BNO2/c1-3-8-15(9-4-1)19-14-17-18(22-19)12-7-13-20(17)24-21-23-16-10-5-2-6-11-16/h1-14,22H. The molecule has 115 valence electrons. The molecule has 0 aliphatic rings. The largest absolute Gasteiger partial charge is 0.658 e. The van der Waals surface area contributed by atoms with Crippen LogP contribution in [0.4, 0.5) is 0 Å². The smallest absolute Gasteiger partial charge is 0.526 e. The maximum atomic E-state index is 5.71. The Morgan fingerprint density at radius 3 is 2.25 bits per heavy atom. The zero-order valence-corrected chi connectivity index (χ0v) is 13.0. The summed E-state index contributed by atoms with van der Waals surface area (Å²) >= 11 is 0. The Bertz CT molecular complexity index is 936. The lowest BCUT2D eigenvalue weighted by atomic mass is 10.1. The molecule has 0 fully saturated rings. The monoisotopic (exact) mass is 312 g/mol. The molecule has 4 heteroatoms. The van der Waals surface area contributed by atoms with Gasteiger partial charge in [-0.25, -0.2) is 0 Å². The second-order valence-corrected chi connectivity index (χ2v) is 5.41. The summed E-state index contributed by atoms with van der Waals surface area (Å²) < 4.78 is 11.2. The molecule has 1 N–H and O–H groups in total. The van der Waals surface area contributed by atoms with E-state index in [-0.39, 0.29) is 0 Å². The van der Waals surface area contributed by atoms with Gasteiger partial charge in [0.15, 0.2) is 0 Å². The lowest BCUT2D eigenvalue weighted by Gasteiger charge is -2.07. The topological polar surface area (TPSA) is 34.2 Å². The molecule has 24 heavy (non-hydrogen) atoms. The van der Waals surface area contributed by atoms with E-state index in [9.17, 15) is 0 Å². The van der Waals surface area contributed by atoms with Crippen molar-refractivity contribution in [3.63, 3.8) is 0 Å². The van der Waals surface area contributed by atoms with Gasteiger partial charge in [-0.2, -0.15) is 0 Å². The molecule has 0 spiro atoms. The van der Waals surface area contributed by atoms with Crippen LogP contribution in [0.25, 0.3) is 22.2 Å². The van der Waals surface area contributed by atoms with Gasteiger partial charge in [0.05, 0.1) is 0 Å². The van der Waals surface area contributed by atoms with Gasteiger partial charge in [-0.05, 0) is 35.9 Å². The average Bonchev–Trinajstić information content (AvgIpc) is 3.09. The Hall–Kier alpha value is -3.14. The van der Waals surface area contributed by atoms with E-state index in [1.54, 1.807) is 0 Å². The van der Waals surface area contributed by atoms with Gasteiger partial charge < -0.3 is 14.3 Å². The third-order valence-corrected chi connectivity index (χ3v) is 3.81. The number of hydrogen-bond acceptors (Lipinski definition) is 2. The van der Waals surface area contributed by atoms with Gasteiger partial charge in [-0.15, -0.1) is 0 Å². The maximum Gasteiger partial charge on any atom is 0.658 e. The Morgan fingerprint density at radius 2 is 1.46 bits per heavy atom. The van der Waals surface area contributed by atoms with E-state index < -0.39 is 0 Å². The normalized spacial score (nSPS) is 10.5. The van der Waals surface area contributed by atoms with Crippen LogP contribution in [0.15, 0.2) is 84.9 Å². The van der Waals surface area contributed by atoms with Crippen molar-refractivity contribution in [2.45, 2.75) is 0 Å². The summed E-state index contributed by atoms with van der Waals surface area (Å²) in [5.41, 5.74) is 3.23. The van der Waals surface area contributed by atoms with Crippen LogP contribution < -0.4 is 9.31 Å². The number of rotatable bonds is 5. The van der Waals surface area contributed by atoms with Crippen molar-refractivity contribution in [2.75, 3.05) is 0 Å². The van der Waals surface area contributed by atoms with Gasteiger partial charge >= 0.3 is 7.69 Å². The summed E-state index contributed by atoms with van der Waals surface area (Å²) in [4.78, 5) is 3.43. The van der Waals surface area contributed by atoms with Gasteiger partial charge in [-0.3, -0.25) is 0 Å². The van der Waals surface area contributed by atoms with Crippen LogP contribution in [0.1, 0.15) is 0 Å². The number of para-hydroxylation sites is 1. The van der Waals surface area contributed by atoms with Crippen LogP contribution in [-0.2, 0) is 0 Å². The molecule has 3 aromatic carbocycles. The number of benzene rings is 3. The molecular formula is C20H15BNO2. The molecule has 1 heterocycles. The van der Waals surface area contributed by atoms with Crippen LogP contribution >= 0.6 is 0 Å². The zero-order valence-electron chi connectivity index (χ0n) is 13.0. The molecule has 0 amide bonds. The molecule has 0 bridgehead atoms. The summed E-state index contributed by atoms with van der Waals surface area (Å²) in [5, 5.41) is 1.02. The Kier molecular flexibility index (Phi) is 3.94. The fraction of sp³-hybridized carbons (Fsp3) is 0. The molecule has 0 aliphatic heterocycles. The van der Waals surface area contributed by atoms with E-state index in [1.807, 2.05) is 66.7 Å². The van der Waals surface area contributed by atoms with Crippen molar-refractivity contribution in [1.29, 1.82) is 0 Å². The predicted molar refractivity (Wildman–Crippen MR) is 97.2 cm³/mol. The lowest BCUT2D eigenvalue weighted by Crippen LogP contribution is -2.10. The second-order valence-electron chi connectivity index (χ2n) is 5.41. The molecule has 0 aliphatic carbocycles. The van der Waals surface area contributed by atoms with Gasteiger partial charge in [0, 0.05) is 16.6 Å². The van der Waals surface area contributed by atoms with E-state index in [0.29, 0.717) is 0 Å². The highest BCUT2D eigenvalue weighted by Gasteiger charge is 2.09. The summed E-state index contributed by atoms with van der Waals surface area (Å²) in [6, 6.07) is 27.8. The number of H-pyrrole nitrogens is 1. The average molecular weight is 312 g/mol. The first-order valence-electron chi connectivity index (χ1n) is 7.77. The molecular weight excluding hydrogens is 297 g/mol. The first kappa shape index (κ1) is 14.5. The van der Waals surface area contributed by atoms with Gasteiger partial charge in [0.1, 0.15) is 11.5 Å². The van der Waals surface area contributed by atoms with Crippen LogP contribution in [0.2, 0.25) is 0 Å². The number of hydrogen-bond donors (Lipinski definition) is 1. The van der Waals surface area contributed by atoms with Crippen LogP contribution in [0, 0.1) is 0 Å². The van der Waals surface area contributed by atoms with Crippen molar-refractivity contribution in [3.05, 3.63) is 84.9 Å². The number of aromatic amines is 1. The second kappa shape index (κ2) is 6.55. The third-order valence-electron chi connectivity index (χ3n) is 3.81.